The average molecular weight is 335 g/mol. The normalized spacial score (nSPS) is 11.5. The van der Waals surface area contributed by atoms with Gasteiger partial charge in [0.15, 0.2) is 0 Å². The third kappa shape index (κ3) is 3.48. The summed E-state index contributed by atoms with van der Waals surface area (Å²) in [6.45, 7) is 4.05. The third-order valence-electron chi connectivity index (χ3n) is 4.24. The van der Waals surface area contributed by atoms with Gasteiger partial charge < -0.3 is 10.1 Å². The van der Waals surface area contributed by atoms with Crippen molar-refractivity contribution in [1.29, 1.82) is 0 Å². The third-order valence-corrected chi connectivity index (χ3v) is 4.24. The summed E-state index contributed by atoms with van der Waals surface area (Å²) < 4.78 is 5.14. The minimum absolute atomic E-state index is 0.356. The van der Waals surface area contributed by atoms with E-state index in [1.165, 1.54) is 5.56 Å². The zero-order chi connectivity index (χ0) is 18.0. The van der Waals surface area contributed by atoms with Gasteiger partial charge in [-0.2, -0.15) is 0 Å². The topological polar surface area (TPSA) is 55.4 Å². The van der Waals surface area contributed by atoms with Gasteiger partial charge in [-0.1, -0.05) is 42.5 Å². The van der Waals surface area contributed by atoms with Crippen molar-refractivity contribution in [3.05, 3.63) is 80.6 Å². The van der Waals surface area contributed by atoms with E-state index in [0.717, 1.165) is 12.0 Å². The molecule has 3 rings (SSSR count). The van der Waals surface area contributed by atoms with Crippen LogP contribution in [0.4, 0.5) is 5.69 Å². The maximum atomic E-state index is 12.1. The van der Waals surface area contributed by atoms with E-state index in [0.29, 0.717) is 17.0 Å². The largest absolute Gasteiger partial charge is 0.497 e. The van der Waals surface area contributed by atoms with Gasteiger partial charge >= 0.3 is 0 Å². The van der Waals surface area contributed by atoms with E-state index in [1.807, 2.05) is 32.0 Å². The van der Waals surface area contributed by atoms with Gasteiger partial charge in [-0.15, -0.1) is 0 Å². The Morgan fingerprint density at radius 1 is 0.920 bits per heavy atom. The molecular weight excluding hydrogens is 314 g/mol. The Morgan fingerprint density at radius 3 is 2.16 bits per heavy atom. The van der Waals surface area contributed by atoms with Crippen molar-refractivity contribution >= 4 is 5.69 Å². The number of benzene rings is 2. The van der Waals surface area contributed by atoms with Crippen LogP contribution in [0.15, 0.2) is 64.2 Å². The summed E-state index contributed by atoms with van der Waals surface area (Å²) in [4.78, 5) is 24.2. The Bertz CT molecular complexity index is 934. The summed E-state index contributed by atoms with van der Waals surface area (Å²) in [5, 5.41) is 3.28. The zero-order valence-electron chi connectivity index (χ0n) is 14.6. The molecule has 0 amide bonds. The standard InChI is InChI=1S/C21H21NO3/c1-21(2,13-14-7-5-4-6-8-14)22-18-17(19(23)20(18)24)15-9-11-16(25-3)12-10-15/h4-12,22H,13H2,1-3H3. The highest BCUT2D eigenvalue weighted by atomic mass is 16.5. The number of ether oxygens (including phenoxy) is 1. The van der Waals surface area contributed by atoms with E-state index < -0.39 is 10.9 Å². The smallest absolute Gasteiger partial charge is 0.250 e. The molecule has 128 valence electrons. The molecule has 0 radical (unpaired) electrons. The van der Waals surface area contributed by atoms with Crippen molar-refractivity contribution in [3.8, 4) is 16.9 Å². The molecule has 0 fully saturated rings. The summed E-state index contributed by atoms with van der Waals surface area (Å²) in [5.74, 6) is 0.710. The van der Waals surface area contributed by atoms with Crippen LogP contribution in [0, 0.1) is 0 Å². The van der Waals surface area contributed by atoms with Crippen LogP contribution in [-0.2, 0) is 6.42 Å². The maximum Gasteiger partial charge on any atom is 0.250 e. The predicted molar refractivity (Wildman–Crippen MR) is 101 cm³/mol. The Morgan fingerprint density at radius 2 is 1.56 bits per heavy atom. The molecule has 0 bridgehead atoms. The van der Waals surface area contributed by atoms with Gasteiger partial charge in [0, 0.05) is 5.54 Å². The first-order valence-corrected chi connectivity index (χ1v) is 8.21. The Kier molecular flexibility index (Phi) is 4.45. The first-order chi connectivity index (χ1) is 11.9. The van der Waals surface area contributed by atoms with Gasteiger partial charge in [0.25, 0.3) is 0 Å². The van der Waals surface area contributed by atoms with Crippen LogP contribution in [0.2, 0.25) is 0 Å². The predicted octanol–water partition coefficient (Wildman–Crippen LogP) is 3.39. The van der Waals surface area contributed by atoms with Crippen LogP contribution < -0.4 is 20.9 Å². The SMILES string of the molecule is COc1ccc(-c2c(NC(C)(C)Cc3ccccc3)c(=O)c2=O)cc1. The number of hydrogen-bond acceptors (Lipinski definition) is 4. The van der Waals surface area contributed by atoms with E-state index >= 15 is 0 Å². The summed E-state index contributed by atoms with van der Waals surface area (Å²) >= 11 is 0. The minimum atomic E-state index is -0.452. The molecule has 4 nitrogen and oxygen atoms in total. The molecule has 0 atom stereocenters. The lowest BCUT2D eigenvalue weighted by molar-refractivity contribution is 0.415. The van der Waals surface area contributed by atoms with E-state index in [1.54, 1.807) is 31.4 Å². The molecular formula is C21H21NO3. The molecule has 0 aromatic heterocycles. The highest BCUT2D eigenvalue weighted by molar-refractivity contribution is 5.82. The summed E-state index contributed by atoms with van der Waals surface area (Å²) in [6.07, 6.45) is 0.745. The van der Waals surface area contributed by atoms with Crippen LogP contribution in [0.5, 0.6) is 5.75 Å². The van der Waals surface area contributed by atoms with Gasteiger partial charge in [-0.3, -0.25) is 9.59 Å². The number of methoxy groups -OCH3 is 1. The van der Waals surface area contributed by atoms with Crippen LogP contribution in [-0.4, -0.2) is 12.6 Å². The Hall–Kier alpha value is -2.88. The van der Waals surface area contributed by atoms with Gasteiger partial charge in [-0.25, -0.2) is 0 Å². The molecule has 0 aliphatic rings. The number of anilines is 1. The molecule has 0 unspecified atom stereocenters. The molecule has 1 N–H and O–H groups in total. The van der Waals surface area contributed by atoms with E-state index in [9.17, 15) is 9.59 Å². The van der Waals surface area contributed by atoms with Crippen LogP contribution in [0.1, 0.15) is 19.4 Å². The number of nitrogens with one attached hydrogen (secondary N) is 1. The fourth-order valence-electron chi connectivity index (χ4n) is 3.03. The Labute approximate surface area is 146 Å². The molecule has 0 aliphatic carbocycles. The summed E-state index contributed by atoms with van der Waals surface area (Å²) in [5.41, 5.74) is 1.50. The lowest BCUT2D eigenvalue weighted by atomic mass is 9.91. The van der Waals surface area contributed by atoms with Gasteiger partial charge in [0.2, 0.25) is 10.9 Å². The Balaban J connectivity index is 1.87. The zero-order valence-corrected chi connectivity index (χ0v) is 14.6. The first-order valence-electron chi connectivity index (χ1n) is 8.21. The summed E-state index contributed by atoms with van der Waals surface area (Å²) in [7, 11) is 1.59. The van der Waals surface area contributed by atoms with Crippen molar-refractivity contribution in [2.45, 2.75) is 25.8 Å². The number of hydrogen-bond donors (Lipinski definition) is 1. The molecule has 0 saturated heterocycles. The maximum absolute atomic E-state index is 12.1. The minimum Gasteiger partial charge on any atom is -0.497 e. The molecule has 3 aromatic rings. The molecule has 25 heavy (non-hydrogen) atoms. The molecule has 0 aliphatic heterocycles. The second kappa shape index (κ2) is 6.55. The van der Waals surface area contributed by atoms with Gasteiger partial charge in [-0.05, 0) is 43.5 Å². The quantitative estimate of drug-likeness (QED) is 0.702. The monoisotopic (exact) mass is 335 g/mol. The van der Waals surface area contributed by atoms with Gasteiger partial charge in [0.1, 0.15) is 5.75 Å². The van der Waals surface area contributed by atoms with Crippen molar-refractivity contribution in [1.82, 2.24) is 0 Å². The molecule has 0 spiro atoms. The highest BCUT2D eigenvalue weighted by Crippen LogP contribution is 2.28. The summed E-state index contributed by atoms with van der Waals surface area (Å²) in [6, 6.07) is 17.2. The van der Waals surface area contributed by atoms with E-state index in [-0.39, 0.29) is 5.54 Å². The molecule has 0 saturated carbocycles. The van der Waals surface area contributed by atoms with E-state index in [2.05, 4.69) is 17.4 Å². The molecule has 3 aromatic carbocycles. The molecule has 4 heteroatoms. The second-order valence-electron chi connectivity index (χ2n) is 6.81. The number of rotatable bonds is 6. The fraction of sp³-hybridized carbons (Fsp3) is 0.238. The van der Waals surface area contributed by atoms with Crippen molar-refractivity contribution in [3.63, 3.8) is 0 Å². The van der Waals surface area contributed by atoms with Gasteiger partial charge in [0.05, 0.1) is 18.4 Å². The van der Waals surface area contributed by atoms with E-state index in [4.69, 9.17) is 4.74 Å². The lowest BCUT2D eigenvalue weighted by Gasteiger charge is -2.29. The van der Waals surface area contributed by atoms with Crippen molar-refractivity contribution < 1.29 is 4.74 Å². The van der Waals surface area contributed by atoms with Crippen LogP contribution in [0.3, 0.4) is 0 Å². The average Bonchev–Trinajstić information content (AvgIpc) is 2.62. The second-order valence-corrected chi connectivity index (χ2v) is 6.81. The highest BCUT2D eigenvalue weighted by Gasteiger charge is 2.27. The van der Waals surface area contributed by atoms with Crippen molar-refractivity contribution in [2.75, 3.05) is 12.4 Å². The molecule has 0 heterocycles. The first kappa shape index (κ1) is 17.0. The van der Waals surface area contributed by atoms with Crippen LogP contribution >= 0.6 is 0 Å². The van der Waals surface area contributed by atoms with Crippen LogP contribution in [0.25, 0.3) is 11.1 Å². The lowest BCUT2D eigenvalue weighted by Crippen LogP contribution is -2.43. The van der Waals surface area contributed by atoms with Crippen molar-refractivity contribution in [2.24, 2.45) is 0 Å². The fourth-order valence-corrected chi connectivity index (χ4v) is 3.03.